The zero-order valence-electron chi connectivity index (χ0n) is 15.4. The number of amides is 1. The number of nitrogens with one attached hydrogen (secondary N) is 1. The maximum atomic E-state index is 12.6. The van der Waals surface area contributed by atoms with Crippen LogP contribution in [0.5, 0.6) is 0 Å². The van der Waals surface area contributed by atoms with Crippen molar-refractivity contribution in [2.45, 2.75) is 58.7 Å². The largest absolute Gasteiger partial charge is 0.348 e. The van der Waals surface area contributed by atoms with Crippen molar-refractivity contribution < 1.29 is 4.79 Å². The lowest BCUT2D eigenvalue weighted by molar-refractivity contribution is -0.122. The van der Waals surface area contributed by atoms with Crippen LogP contribution in [-0.2, 0) is 17.9 Å². The molecule has 6 heteroatoms. The highest BCUT2D eigenvalue weighted by Crippen LogP contribution is 2.20. The molecule has 0 radical (unpaired) electrons. The number of hydrogen-bond donors (Lipinski definition) is 1. The molecule has 0 aliphatic heterocycles. The molecule has 2 aromatic rings. The van der Waals surface area contributed by atoms with E-state index in [0.717, 1.165) is 18.4 Å². The van der Waals surface area contributed by atoms with Gasteiger partial charge in [-0.15, -0.1) is 0 Å². The second-order valence-electron chi connectivity index (χ2n) is 6.87. The van der Waals surface area contributed by atoms with Gasteiger partial charge in [0.25, 0.3) is 0 Å². The summed E-state index contributed by atoms with van der Waals surface area (Å²) in [4.78, 5) is 24.9. The molecule has 0 fully saturated rings. The fraction of sp³-hybridized carbons (Fsp3) is 0.450. The molecular formula is C20H26N4O2. The van der Waals surface area contributed by atoms with Crippen LogP contribution >= 0.6 is 0 Å². The summed E-state index contributed by atoms with van der Waals surface area (Å²) in [5.41, 5.74) is 2.05. The molecule has 1 heterocycles. The number of allylic oxidation sites excluding steroid dienone is 1. The van der Waals surface area contributed by atoms with Gasteiger partial charge in [0.15, 0.2) is 0 Å². The topological polar surface area (TPSA) is 68.9 Å². The van der Waals surface area contributed by atoms with E-state index in [1.165, 1.54) is 23.1 Å². The van der Waals surface area contributed by atoms with Crippen LogP contribution < -0.4 is 11.0 Å². The van der Waals surface area contributed by atoms with E-state index in [1.807, 2.05) is 37.3 Å². The number of rotatable bonds is 6. The average Bonchev–Trinajstić information content (AvgIpc) is 2.90. The van der Waals surface area contributed by atoms with Gasteiger partial charge < -0.3 is 5.32 Å². The summed E-state index contributed by atoms with van der Waals surface area (Å²) in [5.74, 6) is 0.421. The molecule has 1 aromatic heterocycles. The fourth-order valence-corrected chi connectivity index (χ4v) is 3.37. The van der Waals surface area contributed by atoms with Gasteiger partial charge in [-0.2, -0.15) is 5.10 Å². The van der Waals surface area contributed by atoms with Gasteiger partial charge in [0.1, 0.15) is 12.4 Å². The van der Waals surface area contributed by atoms with Crippen molar-refractivity contribution in [1.82, 2.24) is 19.7 Å². The standard InChI is InChI=1S/C20H26N4O2/c1-15(18-11-7-4-8-12-18)21-19(25)14-24-20(26)23(16(2)22-24)13-17-9-5-3-6-10-17/h3,5-6,9-11,15H,4,7-8,12-14H2,1-2H3,(H,21,25)/t15-/m0/s1. The third kappa shape index (κ3) is 4.31. The Balaban J connectivity index is 1.66. The van der Waals surface area contributed by atoms with Gasteiger partial charge in [0, 0.05) is 6.04 Å². The molecular weight excluding hydrogens is 328 g/mol. The lowest BCUT2D eigenvalue weighted by Gasteiger charge is -2.20. The Morgan fingerprint density at radius 3 is 2.73 bits per heavy atom. The lowest BCUT2D eigenvalue weighted by atomic mass is 9.95. The highest BCUT2D eigenvalue weighted by Gasteiger charge is 2.17. The van der Waals surface area contributed by atoms with Gasteiger partial charge in [0.2, 0.25) is 5.91 Å². The Kier molecular flexibility index (Phi) is 5.71. The Hall–Kier alpha value is -2.63. The second kappa shape index (κ2) is 8.17. The summed E-state index contributed by atoms with van der Waals surface area (Å²) in [5, 5.41) is 7.25. The molecule has 1 aromatic carbocycles. The van der Waals surface area contributed by atoms with Crippen molar-refractivity contribution in [2.24, 2.45) is 0 Å². The van der Waals surface area contributed by atoms with Crippen molar-refractivity contribution in [3.63, 3.8) is 0 Å². The number of carbonyl (C=O) groups is 1. The SMILES string of the molecule is Cc1nn(CC(=O)N[C@@H](C)C2=CCCCC2)c(=O)n1Cc1ccccc1. The highest BCUT2D eigenvalue weighted by molar-refractivity contribution is 5.76. The third-order valence-corrected chi connectivity index (χ3v) is 4.84. The number of aromatic nitrogens is 3. The Bertz CT molecular complexity index is 848. The minimum Gasteiger partial charge on any atom is -0.348 e. The number of hydrogen-bond acceptors (Lipinski definition) is 3. The molecule has 0 bridgehead atoms. The number of aryl methyl sites for hydroxylation is 1. The van der Waals surface area contributed by atoms with Crippen LogP contribution in [0.3, 0.4) is 0 Å². The smallest absolute Gasteiger partial charge is 0.346 e. The quantitative estimate of drug-likeness (QED) is 0.810. The lowest BCUT2D eigenvalue weighted by Crippen LogP contribution is -2.39. The van der Waals surface area contributed by atoms with E-state index in [-0.39, 0.29) is 24.2 Å². The molecule has 1 aliphatic carbocycles. The zero-order chi connectivity index (χ0) is 18.5. The van der Waals surface area contributed by atoms with E-state index in [0.29, 0.717) is 12.4 Å². The van der Waals surface area contributed by atoms with Crippen molar-refractivity contribution in [3.8, 4) is 0 Å². The molecule has 3 rings (SSSR count). The first-order valence-corrected chi connectivity index (χ1v) is 9.21. The van der Waals surface area contributed by atoms with E-state index in [1.54, 1.807) is 11.5 Å². The van der Waals surface area contributed by atoms with Crippen LogP contribution in [0.1, 0.15) is 44.0 Å². The molecule has 0 unspecified atom stereocenters. The van der Waals surface area contributed by atoms with Crippen LogP contribution in [0, 0.1) is 6.92 Å². The van der Waals surface area contributed by atoms with Gasteiger partial charge in [-0.05, 0) is 45.1 Å². The predicted octanol–water partition coefficient (Wildman–Crippen LogP) is 2.41. The minimum atomic E-state index is -0.258. The normalized spacial score (nSPS) is 15.4. The summed E-state index contributed by atoms with van der Waals surface area (Å²) in [6, 6.07) is 9.76. The van der Waals surface area contributed by atoms with Gasteiger partial charge >= 0.3 is 5.69 Å². The molecule has 1 N–H and O–H groups in total. The molecule has 138 valence electrons. The van der Waals surface area contributed by atoms with Gasteiger partial charge in [-0.1, -0.05) is 42.0 Å². The van der Waals surface area contributed by atoms with E-state index in [2.05, 4.69) is 16.5 Å². The van der Waals surface area contributed by atoms with Crippen LogP contribution in [0.25, 0.3) is 0 Å². The molecule has 1 aliphatic rings. The van der Waals surface area contributed by atoms with Gasteiger partial charge in [-0.3, -0.25) is 9.36 Å². The number of benzene rings is 1. The van der Waals surface area contributed by atoms with Crippen molar-refractivity contribution in [1.29, 1.82) is 0 Å². The van der Waals surface area contributed by atoms with Gasteiger partial charge in [-0.25, -0.2) is 9.48 Å². The molecule has 6 nitrogen and oxygen atoms in total. The summed E-state index contributed by atoms with van der Waals surface area (Å²) < 4.78 is 2.84. The number of carbonyl (C=O) groups excluding carboxylic acids is 1. The molecule has 1 atom stereocenters. The first-order valence-electron chi connectivity index (χ1n) is 9.21. The van der Waals surface area contributed by atoms with Crippen LogP contribution in [-0.4, -0.2) is 26.3 Å². The average molecular weight is 354 g/mol. The molecule has 0 saturated carbocycles. The summed E-state index contributed by atoms with van der Waals surface area (Å²) in [7, 11) is 0. The first-order chi connectivity index (χ1) is 12.5. The third-order valence-electron chi connectivity index (χ3n) is 4.84. The monoisotopic (exact) mass is 354 g/mol. The maximum Gasteiger partial charge on any atom is 0.346 e. The highest BCUT2D eigenvalue weighted by atomic mass is 16.2. The van der Waals surface area contributed by atoms with Crippen molar-refractivity contribution >= 4 is 5.91 Å². The minimum absolute atomic E-state index is 0.00556. The van der Waals surface area contributed by atoms with E-state index < -0.39 is 0 Å². The fourth-order valence-electron chi connectivity index (χ4n) is 3.37. The van der Waals surface area contributed by atoms with Crippen LogP contribution in [0.15, 0.2) is 46.8 Å². The Labute approximate surface area is 153 Å². The van der Waals surface area contributed by atoms with E-state index in [9.17, 15) is 9.59 Å². The number of nitrogens with zero attached hydrogens (tertiary/aromatic N) is 3. The second-order valence-corrected chi connectivity index (χ2v) is 6.87. The Morgan fingerprint density at radius 1 is 1.27 bits per heavy atom. The molecule has 26 heavy (non-hydrogen) atoms. The molecule has 0 spiro atoms. The van der Waals surface area contributed by atoms with Crippen LogP contribution in [0.4, 0.5) is 0 Å². The van der Waals surface area contributed by atoms with E-state index in [4.69, 9.17) is 0 Å². The molecule has 1 amide bonds. The summed E-state index contributed by atoms with van der Waals surface area (Å²) in [6.07, 6.45) is 6.73. The Morgan fingerprint density at radius 2 is 2.04 bits per heavy atom. The van der Waals surface area contributed by atoms with Crippen molar-refractivity contribution in [2.75, 3.05) is 0 Å². The zero-order valence-corrected chi connectivity index (χ0v) is 15.4. The molecule has 0 saturated heterocycles. The first kappa shape index (κ1) is 18.2. The van der Waals surface area contributed by atoms with Gasteiger partial charge in [0.05, 0.1) is 6.54 Å². The predicted molar refractivity (Wildman–Crippen MR) is 101 cm³/mol. The van der Waals surface area contributed by atoms with Crippen molar-refractivity contribution in [3.05, 3.63) is 63.9 Å². The summed E-state index contributed by atoms with van der Waals surface area (Å²) >= 11 is 0. The maximum absolute atomic E-state index is 12.6. The van der Waals surface area contributed by atoms with E-state index >= 15 is 0 Å². The van der Waals surface area contributed by atoms with Crippen LogP contribution in [0.2, 0.25) is 0 Å². The summed E-state index contributed by atoms with van der Waals surface area (Å²) in [6.45, 7) is 4.18.